The molecule has 0 aliphatic heterocycles. The van der Waals surface area contributed by atoms with E-state index in [-0.39, 0.29) is 30.8 Å². The van der Waals surface area contributed by atoms with Gasteiger partial charge in [0.2, 0.25) is 5.91 Å². The first-order valence-corrected chi connectivity index (χ1v) is 8.46. The van der Waals surface area contributed by atoms with Crippen LogP contribution in [0, 0.1) is 5.92 Å². The van der Waals surface area contributed by atoms with Crippen molar-refractivity contribution in [1.82, 2.24) is 5.32 Å². The van der Waals surface area contributed by atoms with Gasteiger partial charge in [-0.1, -0.05) is 37.1 Å². The quantitative estimate of drug-likeness (QED) is 0.773. The second-order valence-electron chi connectivity index (χ2n) is 6.95. The third-order valence-electron chi connectivity index (χ3n) is 4.59. The second-order valence-corrected chi connectivity index (χ2v) is 6.95. The molecule has 1 aliphatic rings. The van der Waals surface area contributed by atoms with Gasteiger partial charge in [-0.3, -0.25) is 4.79 Å². The molecule has 2 atom stereocenters. The number of carbonyl (C=O) groups is 1. The zero-order chi connectivity index (χ0) is 18.5. The van der Waals surface area contributed by atoms with Crippen LogP contribution < -0.4 is 11.1 Å². The Morgan fingerprint density at radius 1 is 1.27 bits per heavy atom. The average molecular weight is 395 g/mol. The number of ether oxygens (including phenoxy) is 1. The molecule has 1 amide bonds. The van der Waals surface area contributed by atoms with Crippen LogP contribution in [-0.4, -0.2) is 24.2 Å². The highest BCUT2D eigenvalue weighted by molar-refractivity contribution is 5.85. The molecule has 2 rings (SSSR count). The lowest BCUT2D eigenvalue weighted by Crippen LogP contribution is -2.52. The molecule has 8 heteroatoms. The van der Waals surface area contributed by atoms with Crippen molar-refractivity contribution in [1.29, 1.82) is 0 Å². The Kier molecular flexibility index (Phi) is 8.37. The topological polar surface area (TPSA) is 64.4 Å². The number of hydrogen-bond acceptors (Lipinski definition) is 3. The van der Waals surface area contributed by atoms with Crippen LogP contribution in [0.15, 0.2) is 24.3 Å². The number of alkyl halides is 3. The summed E-state index contributed by atoms with van der Waals surface area (Å²) < 4.78 is 40.7. The summed E-state index contributed by atoms with van der Waals surface area (Å²) in [7, 11) is 0. The van der Waals surface area contributed by atoms with Crippen LogP contribution in [0.25, 0.3) is 0 Å². The minimum Gasteiger partial charge on any atom is -0.367 e. The molecule has 1 saturated carbocycles. The lowest BCUT2D eigenvalue weighted by molar-refractivity contribution is -0.176. The maximum absolute atomic E-state index is 12.4. The first-order valence-electron chi connectivity index (χ1n) is 8.46. The minimum atomic E-state index is -4.32. The zero-order valence-corrected chi connectivity index (χ0v) is 15.6. The first kappa shape index (κ1) is 22.7. The Bertz CT molecular complexity index is 577. The van der Waals surface area contributed by atoms with Crippen LogP contribution in [-0.2, 0) is 22.7 Å². The summed E-state index contributed by atoms with van der Waals surface area (Å²) in [4.78, 5) is 12.4. The minimum absolute atomic E-state index is 0. The maximum atomic E-state index is 12.4. The van der Waals surface area contributed by atoms with Crippen LogP contribution in [0.2, 0.25) is 0 Å². The molecule has 1 fully saturated rings. The van der Waals surface area contributed by atoms with E-state index in [1.165, 1.54) is 0 Å². The zero-order valence-electron chi connectivity index (χ0n) is 14.8. The summed E-state index contributed by atoms with van der Waals surface area (Å²) in [5, 5.41) is 2.91. The van der Waals surface area contributed by atoms with E-state index in [0.717, 1.165) is 31.2 Å². The van der Waals surface area contributed by atoms with Crippen LogP contribution >= 0.6 is 12.4 Å². The van der Waals surface area contributed by atoms with Gasteiger partial charge in [-0.05, 0) is 30.9 Å². The highest BCUT2D eigenvalue weighted by Gasteiger charge is 2.37. The molecule has 4 nitrogen and oxygen atoms in total. The Morgan fingerprint density at radius 3 is 2.46 bits per heavy atom. The third-order valence-corrected chi connectivity index (χ3v) is 4.59. The molecular formula is C18H26ClF3N2O2. The second kappa shape index (κ2) is 9.58. The SMILES string of the molecule is CC1(N)CCCCC1C(=O)NCc1ccc(COCC(F)(F)F)cc1.Cl. The number of amides is 1. The number of nitrogens with two attached hydrogens (primary N) is 1. The fourth-order valence-electron chi connectivity index (χ4n) is 3.14. The Morgan fingerprint density at radius 2 is 1.88 bits per heavy atom. The molecule has 0 aromatic heterocycles. The average Bonchev–Trinajstić information content (AvgIpc) is 2.52. The van der Waals surface area contributed by atoms with Gasteiger partial charge in [0.05, 0.1) is 12.5 Å². The van der Waals surface area contributed by atoms with Crippen molar-refractivity contribution in [3.05, 3.63) is 35.4 Å². The number of rotatable bonds is 6. The molecule has 1 aromatic rings. The van der Waals surface area contributed by atoms with E-state index >= 15 is 0 Å². The molecule has 26 heavy (non-hydrogen) atoms. The molecule has 0 radical (unpaired) electrons. The first-order chi connectivity index (χ1) is 11.7. The summed E-state index contributed by atoms with van der Waals surface area (Å²) in [5.74, 6) is -0.224. The molecular weight excluding hydrogens is 369 g/mol. The number of hydrogen-bond donors (Lipinski definition) is 2. The van der Waals surface area contributed by atoms with E-state index in [4.69, 9.17) is 5.73 Å². The summed E-state index contributed by atoms with van der Waals surface area (Å²) in [5.41, 5.74) is 7.29. The summed E-state index contributed by atoms with van der Waals surface area (Å²) in [6.45, 7) is 0.936. The molecule has 0 bridgehead atoms. The Hall–Kier alpha value is -1.31. The van der Waals surface area contributed by atoms with Gasteiger partial charge >= 0.3 is 6.18 Å². The summed E-state index contributed by atoms with van der Waals surface area (Å²) in [6, 6.07) is 6.95. The predicted molar refractivity (Wildman–Crippen MR) is 95.8 cm³/mol. The highest BCUT2D eigenvalue weighted by atomic mass is 35.5. The fraction of sp³-hybridized carbons (Fsp3) is 0.611. The van der Waals surface area contributed by atoms with Gasteiger partial charge in [-0.25, -0.2) is 0 Å². The Labute approximate surface area is 158 Å². The van der Waals surface area contributed by atoms with Gasteiger partial charge in [-0.2, -0.15) is 13.2 Å². The number of nitrogens with one attached hydrogen (secondary N) is 1. The third kappa shape index (κ3) is 7.13. The van der Waals surface area contributed by atoms with Gasteiger partial charge in [0.25, 0.3) is 0 Å². The molecule has 148 valence electrons. The van der Waals surface area contributed by atoms with Crippen LogP contribution in [0.1, 0.15) is 43.7 Å². The van der Waals surface area contributed by atoms with Crippen molar-refractivity contribution in [2.24, 2.45) is 11.7 Å². The van der Waals surface area contributed by atoms with Gasteiger partial charge in [0.1, 0.15) is 6.61 Å². The molecule has 1 aliphatic carbocycles. The highest BCUT2D eigenvalue weighted by Crippen LogP contribution is 2.31. The van der Waals surface area contributed by atoms with E-state index in [9.17, 15) is 18.0 Å². The monoisotopic (exact) mass is 394 g/mol. The number of halogens is 4. The fourth-order valence-corrected chi connectivity index (χ4v) is 3.14. The van der Waals surface area contributed by atoms with Gasteiger partial charge in [0, 0.05) is 12.1 Å². The normalized spacial score (nSPS) is 23.2. The predicted octanol–water partition coefficient (Wildman–Crippen LogP) is 3.71. The van der Waals surface area contributed by atoms with Gasteiger partial charge in [-0.15, -0.1) is 12.4 Å². The molecule has 3 N–H and O–H groups in total. The van der Waals surface area contributed by atoms with E-state index in [1.54, 1.807) is 24.3 Å². The number of benzene rings is 1. The largest absolute Gasteiger partial charge is 0.411 e. The van der Waals surface area contributed by atoms with Crippen molar-refractivity contribution in [3.8, 4) is 0 Å². The van der Waals surface area contributed by atoms with E-state index in [0.29, 0.717) is 12.1 Å². The Balaban J connectivity index is 0.00000338. The van der Waals surface area contributed by atoms with Crippen LogP contribution in [0.5, 0.6) is 0 Å². The molecule has 0 heterocycles. The summed E-state index contributed by atoms with van der Waals surface area (Å²) >= 11 is 0. The lowest BCUT2D eigenvalue weighted by atomic mass is 9.74. The van der Waals surface area contributed by atoms with Crippen molar-refractivity contribution in [2.75, 3.05) is 6.61 Å². The molecule has 1 aromatic carbocycles. The van der Waals surface area contributed by atoms with Crippen LogP contribution in [0.4, 0.5) is 13.2 Å². The van der Waals surface area contributed by atoms with E-state index in [2.05, 4.69) is 10.1 Å². The van der Waals surface area contributed by atoms with E-state index < -0.39 is 18.3 Å². The number of carbonyl (C=O) groups excluding carboxylic acids is 1. The molecule has 2 unspecified atom stereocenters. The van der Waals surface area contributed by atoms with Crippen molar-refractivity contribution in [3.63, 3.8) is 0 Å². The summed E-state index contributed by atoms with van der Waals surface area (Å²) in [6.07, 6.45) is -0.612. The standard InChI is InChI=1S/C18H25F3N2O2.ClH/c1-17(22)9-3-2-4-15(17)16(24)23-10-13-5-7-14(8-6-13)11-25-12-18(19,20)21;/h5-8,15H,2-4,9-12,22H2,1H3,(H,23,24);1H. The van der Waals surface area contributed by atoms with Crippen molar-refractivity contribution < 1.29 is 22.7 Å². The molecule has 0 saturated heterocycles. The van der Waals surface area contributed by atoms with Crippen molar-refractivity contribution >= 4 is 18.3 Å². The van der Waals surface area contributed by atoms with E-state index in [1.807, 2.05) is 6.92 Å². The van der Waals surface area contributed by atoms with Gasteiger partial charge in [0.15, 0.2) is 0 Å². The molecule has 0 spiro atoms. The lowest BCUT2D eigenvalue weighted by Gasteiger charge is -2.37. The van der Waals surface area contributed by atoms with Crippen LogP contribution in [0.3, 0.4) is 0 Å². The smallest absolute Gasteiger partial charge is 0.367 e. The van der Waals surface area contributed by atoms with Crippen molar-refractivity contribution in [2.45, 2.75) is 57.5 Å². The maximum Gasteiger partial charge on any atom is 0.411 e. The van der Waals surface area contributed by atoms with Gasteiger partial charge < -0.3 is 15.8 Å².